The maximum Gasteiger partial charge on any atom is 0.329 e. The number of rotatable bonds is 7. The summed E-state index contributed by atoms with van der Waals surface area (Å²) in [6.07, 6.45) is 3.72. The molecule has 0 spiro atoms. The first kappa shape index (κ1) is 14.4. The Hall–Kier alpha value is -1.63. The summed E-state index contributed by atoms with van der Waals surface area (Å²) in [5.41, 5.74) is 5.11. The van der Waals surface area contributed by atoms with Gasteiger partial charge in [0.2, 0.25) is 11.8 Å². The molecule has 0 aromatic heterocycles. The lowest BCUT2D eigenvalue weighted by molar-refractivity contribution is -0.147. The van der Waals surface area contributed by atoms with Crippen molar-refractivity contribution in [2.45, 2.75) is 31.7 Å². The first-order valence-electron chi connectivity index (χ1n) is 5.88. The lowest BCUT2D eigenvalue weighted by Gasteiger charge is -2.27. The fourth-order valence-electron chi connectivity index (χ4n) is 2.11. The number of carbonyl (C=O) groups excluding carboxylic acids is 2. The standard InChI is InChI=1S/C11H18N2O5/c12-9(14)5-13(8-3-1-2-4-8)10(15)6-18-7-11(16)17/h8H,1-7H2,(H2,12,14)(H,16,17). The van der Waals surface area contributed by atoms with Crippen molar-refractivity contribution >= 4 is 17.8 Å². The van der Waals surface area contributed by atoms with Crippen molar-refractivity contribution in [3.05, 3.63) is 0 Å². The van der Waals surface area contributed by atoms with Gasteiger partial charge >= 0.3 is 5.97 Å². The number of aliphatic carboxylic acids is 1. The molecule has 1 aliphatic carbocycles. The van der Waals surface area contributed by atoms with Crippen molar-refractivity contribution in [2.75, 3.05) is 19.8 Å². The van der Waals surface area contributed by atoms with Gasteiger partial charge in [-0.25, -0.2) is 4.79 Å². The van der Waals surface area contributed by atoms with E-state index in [4.69, 9.17) is 15.6 Å². The average molecular weight is 258 g/mol. The fraction of sp³-hybridized carbons (Fsp3) is 0.727. The van der Waals surface area contributed by atoms with E-state index < -0.39 is 18.5 Å². The molecule has 102 valence electrons. The van der Waals surface area contributed by atoms with E-state index in [2.05, 4.69) is 0 Å². The number of ether oxygens (including phenoxy) is 1. The van der Waals surface area contributed by atoms with Gasteiger partial charge in [0.05, 0.1) is 6.54 Å². The molecule has 0 bridgehead atoms. The lowest BCUT2D eigenvalue weighted by atomic mass is 10.2. The highest BCUT2D eigenvalue weighted by Gasteiger charge is 2.27. The van der Waals surface area contributed by atoms with E-state index in [9.17, 15) is 14.4 Å². The van der Waals surface area contributed by atoms with Crippen molar-refractivity contribution in [2.24, 2.45) is 5.73 Å². The average Bonchev–Trinajstić information content (AvgIpc) is 2.78. The largest absolute Gasteiger partial charge is 0.480 e. The fourth-order valence-corrected chi connectivity index (χ4v) is 2.11. The molecule has 18 heavy (non-hydrogen) atoms. The van der Waals surface area contributed by atoms with Crippen LogP contribution in [0.4, 0.5) is 0 Å². The molecule has 0 radical (unpaired) electrons. The van der Waals surface area contributed by atoms with Gasteiger partial charge < -0.3 is 20.5 Å². The Kier molecular flexibility index (Phi) is 5.57. The van der Waals surface area contributed by atoms with Crippen LogP contribution in [0.15, 0.2) is 0 Å². The molecule has 1 fully saturated rings. The number of primary amides is 1. The minimum atomic E-state index is -1.13. The Bertz CT molecular complexity index is 325. The van der Waals surface area contributed by atoms with Crippen LogP contribution < -0.4 is 5.73 Å². The Morgan fingerprint density at radius 3 is 2.33 bits per heavy atom. The highest BCUT2D eigenvalue weighted by molar-refractivity contribution is 5.84. The summed E-state index contributed by atoms with van der Waals surface area (Å²) >= 11 is 0. The third-order valence-electron chi connectivity index (χ3n) is 2.86. The molecule has 2 amide bonds. The molecule has 0 unspecified atom stereocenters. The van der Waals surface area contributed by atoms with E-state index in [1.54, 1.807) is 0 Å². The molecular formula is C11H18N2O5. The van der Waals surface area contributed by atoms with Crippen molar-refractivity contribution in [3.63, 3.8) is 0 Å². The van der Waals surface area contributed by atoms with Gasteiger partial charge in [0.25, 0.3) is 0 Å². The van der Waals surface area contributed by atoms with Crippen LogP contribution in [0, 0.1) is 0 Å². The smallest absolute Gasteiger partial charge is 0.329 e. The number of nitrogens with zero attached hydrogens (tertiary/aromatic N) is 1. The zero-order valence-corrected chi connectivity index (χ0v) is 10.1. The molecule has 7 heteroatoms. The van der Waals surface area contributed by atoms with Crippen LogP contribution in [0.3, 0.4) is 0 Å². The highest BCUT2D eigenvalue weighted by atomic mass is 16.5. The minimum absolute atomic E-state index is 0.0124. The van der Waals surface area contributed by atoms with E-state index in [1.807, 2.05) is 0 Å². The SMILES string of the molecule is NC(=O)CN(C(=O)COCC(=O)O)C1CCCC1. The van der Waals surface area contributed by atoms with Gasteiger partial charge in [-0.05, 0) is 12.8 Å². The minimum Gasteiger partial charge on any atom is -0.480 e. The molecule has 1 rings (SSSR count). The van der Waals surface area contributed by atoms with Gasteiger partial charge in [-0.2, -0.15) is 0 Å². The van der Waals surface area contributed by atoms with Crippen LogP contribution in [0.1, 0.15) is 25.7 Å². The van der Waals surface area contributed by atoms with Crippen LogP contribution >= 0.6 is 0 Å². The molecule has 1 saturated carbocycles. The van der Waals surface area contributed by atoms with Crippen LogP contribution in [0.5, 0.6) is 0 Å². The summed E-state index contributed by atoms with van der Waals surface area (Å²) in [4.78, 5) is 34.5. The summed E-state index contributed by atoms with van der Waals surface area (Å²) in [5.74, 6) is -2.10. The quantitative estimate of drug-likeness (QED) is 0.630. The van der Waals surface area contributed by atoms with Crippen LogP contribution in [-0.2, 0) is 19.1 Å². The summed E-state index contributed by atoms with van der Waals surface area (Å²) in [6, 6.07) is 0.0124. The van der Waals surface area contributed by atoms with Gasteiger partial charge in [-0.3, -0.25) is 9.59 Å². The third-order valence-corrected chi connectivity index (χ3v) is 2.86. The predicted molar refractivity (Wildman–Crippen MR) is 61.6 cm³/mol. The Morgan fingerprint density at radius 2 is 1.83 bits per heavy atom. The molecule has 0 heterocycles. The molecule has 1 aliphatic rings. The third kappa shape index (κ3) is 4.70. The lowest BCUT2D eigenvalue weighted by Crippen LogP contribution is -2.45. The molecule has 0 saturated heterocycles. The van der Waals surface area contributed by atoms with Gasteiger partial charge in [0.15, 0.2) is 0 Å². The number of hydrogen-bond acceptors (Lipinski definition) is 4. The number of carbonyl (C=O) groups is 3. The monoisotopic (exact) mass is 258 g/mol. The van der Waals surface area contributed by atoms with Crippen molar-refractivity contribution in [1.82, 2.24) is 4.90 Å². The summed E-state index contributed by atoms with van der Waals surface area (Å²) in [6.45, 7) is -1.00. The first-order chi connectivity index (χ1) is 8.50. The van der Waals surface area contributed by atoms with Gasteiger partial charge in [0.1, 0.15) is 13.2 Å². The summed E-state index contributed by atoms with van der Waals surface area (Å²) in [7, 11) is 0. The molecule has 3 N–H and O–H groups in total. The molecular weight excluding hydrogens is 240 g/mol. The maximum atomic E-state index is 11.8. The Labute approximate surface area is 105 Å². The molecule has 7 nitrogen and oxygen atoms in total. The van der Waals surface area contributed by atoms with Crippen LogP contribution in [-0.4, -0.2) is 53.6 Å². The molecule has 0 aliphatic heterocycles. The van der Waals surface area contributed by atoms with Crippen LogP contribution in [0.25, 0.3) is 0 Å². The number of carboxylic acid groups (broad SMARTS) is 1. The number of amides is 2. The zero-order chi connectivity index (χ0) is 13.5. The van der Waals surface area contributed by atoms with Gasteiger partial charge in [0, 0.05) is 6.04 Å². The van der Waals surface area contributed by atoms with Crippen LogP contribution in [0.2, 0.25) is 0 Å². The van der Waals surface area contributed by atoms with E-state index in [0.717, 1.165) is 25.7 Å². The number of nitrogens with two attached hydrogens (primary N) is 1. The Morgan fingerprint density at radius 1 is 1.22 bits per heavy atom. The van der Waals surface area contributed by atoms with E-state index >= 15 is 0 Å². The maximum absolute atomic E-state index is 11.8. The second-order valence-electron chi connectivity index (χ2n) is 4.31. The van der Waals surface area contributed by atoms with Gasteiger partial charge in [-0.1, -0.05) is 12.8 Å². The number of carboxylic acids is 1. The second-order valence-corrected chi connectivity index (χ2v) is 4.31. The normalized spacial score (nSPS) is 15.6. The first-order valence-corrected chi connectivity index (χ1v) is 5.88. The highest BCUT2D eigenvalue weighted by Crippen LogP contribution is 2.23. The predicted octanol–water partition coefficient (Wildman–Crippen LogP) is -0.656. The number of hydrogen-bond donors (Lipinski definition) is 2. The Balaban J connectivity index is 2.49. The molecule has 0 aromatic carbocycles. The van der Waals surface area contributed by atoms with Crippen molar-refractivity contribution in [3.8, 4) is 0 Å². The zero-order valence-electron chi connectivity index (χ0n) is 10.1. The second kappa shape index (κ2) is 6.95. The van der Waals surface area contributed by atoms with E-state index in [1.165, 1.54) is 4.90 Å². The summed E-state index contributed by atoms with van der Waals surface area (Å²) in [5, 5.41) is 8.40. The molecule has 0 aromatic rings. The summed E-state index contributed by atoms with van der Waals surface area (Å²) < 4.78 is 4.74. The van der Waals surface area contributed by atoms with Crippen molar-refractivity contribution < 1.29 is 24.2 Å². The van der Waals surface area contributed by atoms with E-state index in [-0.39, 0.29) is 25.1 Å². The topological polar surface area (TPSA) is 110 Å². The van der Waals surface area contributed by atoms with Crippen molar-refractivity contribution in [1.29, 1.82) is 0 Å². The van der Waals surface area contributed by atoms with E-state index in [0.29, 0.717) is 0 Å². The molecule has 0 atom stereocenters. The van der Waals surface area contributed by atoms with Gasteiger partial charge in [-0.15, -0.1) is 0 Å².